The van der Waals surface area contributed by atoms with E-state index in [2.05, 4.69) is 73.4 Å². The topological polar surface area (TPSA) is 25.8 Å². The van der Waals surface area contributed by atoms with Gasteiger partial charge in [0.25, 0.3) is 0 Å². The van der Waals surface area contributed by atoms with Crippen LogP contribution in [0.1, 0.15) is 69.1 Å². The maximum atomic E-state index is 4.70. The van der Waals surface area contributed by atoms with Gasteiger partial charge in [0.05, 0.1) is 0 Å². The molecule has 3 heteroatoms. The van der Waals surface area contributed by atoms with Gasteiger partial charge in [-0.25, -0.2) is 0 Å². The Morgan fingerprint density at radius 3 is 1.86 bits per heavy atom. The van der Waals surface area contributed by atoms with Gasteiger partial charge in [0.1, 0.15) is 0 Å². The van der Waals surface area contributed by atoms with Gasteiger partial charge in [-0.3, -0.25) is 0 Å². The molecule has 0 unspecified atom stereocenters. The second-order valence-electron chi connectivity index (χ2n) is 13.9. The van der Waals surface area contributed by atoms with Gasteiger partial charge in [0, 0.05) is 32.5 Å². The quantitative estimate of drug-likeness (QED) is 0.172. The van der Waals surface area contributed by atoms with Crippen LogP contribution in [0.3, 0.4) is 0 Å². The normalized spacial score (nSPS) is 24.8. The number of nitrogens with zero attached hydrogens (tertiary/aromatic N) is 2. The summed E-state index contributed by atoms with van der Waals surface area (Å²) in [5.41, 5.74) is 12.2. The summed E-state index contributed by atoms with van der Waals surface area (Å²) >= 11 is 0. The van der Waals surface area contributed by atoms with E-state index in [1.165, 1.54) is 60.8 Å². The van der Waals surface area contributed by atoms with Crippen LogP contribution in [-0.4, -0.2) is 9.97 Å². The maximum Gasteiger partial charge on any atom is 0.0160 e. The number of hydrogen-bond donors (Lipinski definition) is 0. The molecule has 5 aliphatic rings. The molecule has 0 spiro atoms. The molecule has 0 amide bonds. The molecule has 0 N–H and O–H groups in total. The van der Waals surface area contributed by atoms with Crippen LogP contribution in [0.5, 0.6) is 0 Å². The SMILES string of the molecule is CC1(C)c2c(-c3ccccn3)[c-]ccc2-c2cccc(C34CC5CC(CC(C5)C3)C4)c21.[Ir].[c-]1ccccc1-c1ccccn1. The Morgan fingerprint density at radius 2 is 1.25 bits per heavy atom. The van der Waals surface area contributed by atoms with Crippen molar-refractivity contribution in [3.8, 4) is 33.6 Å². The van der Waals surface area contributed by atoms with Crippen LogP contribution in [-0.2, 0) is 30.9 Å². The first-order valence-corrected chi connectivity index (χ1v) is 16.0. The van der Waals surface area contributed by atoms with Crippen molar-refractivity contribution in [3.63, 3.8) is 0 Å². The molecule has 3 aromatic carbocycles. The molecule has 4 bridgehead atoms. The van der Waals surface area contributed by atoms with Crippen LogP contribution in [0, 0.1) is 29.9 Å². The molecule has 0 saturated heterocycles. The first-order valence-electron chi connectivity index (χ1n) is 16.0. The van der Waals surface area contributed by atoms with Crippen LogP contribution in [0.4, 0.5) is 0 Å². The number of hydrogen-bond acceptors (Lipinski definition) is 2. The van der Waals surface area contributed by atoms with E-state index in [1.54, 1.807) is 17.3 Å². The predicted octanol–water partition coefficient (Wildman–Crippen LogP) is 9.87. The Hall–Kier alpha value is -3.39. The monoisotopic (exact) mass is 751 g/mol. The number of benzene rings is 3. The van der Waals surface area contributed by atoms with Gasteiger partial charge in [-0.2, -0.15) is 0 Å². The molecule has 2 heterocycles. The van der Waals surface area contributed by atoms with Gasteiger partial charge >= 0.3 is 0 Å². The van der Waals surface area contributed by atoms with E-state index in [0.29, 0.717) is 5.41 Å². The molecule has 223 valence electrons. The van der Waals surface area contributed by atoms with Crippen molar-refractivity contribution in [2.45, 2.75) is 63.2 Å². The third-order valence-electron chi connectivity index (χ3n) is 10.8. The van der Waals surface area contributed by atoms with Crippen molar-refractivity contribution in [1.29, 1.82) is 0 Å². The first-order chi connectivity index (χ1) is 21.0. The minimum Gasteiger partial charge on any atom is -0.305 e. The van der Waals surface area contributed by atoms with Crippen molar-refractivity contribution in [3.05, 3.63) is 132 Å². The Kier molecular flexibility index (Phi) is 7.67. The van der Waals surface area contributed by atoms with Crippen molar-refractivity contribution in [2.24, 2.45) is 17.8 Å². The van der Waals surface area contributed by atoms with Gasteiger partial charge in [-0.1, -0.05) is 61.9 Å². The van der Waals surface area contributed by atoms with E-state index in [9.17, 15) is 0 Å². The summed E-state index contributed by atoms with van der Waals surface area (Å²) in [6.45, 7) is 4.89. The summed E-state index contributed by atoms with van der Waals surface area (Å²) in [5.74, 6) is 2.89. The molecule has 5 aliphatic carbocycles. The van der Waals surface area contributed by atoms with Gasteiger partial charge in [0.2, 0.25) is 0 Å². The summed E-state index contributed by atoms with van der Waals surface area (Å²) in [5, 5.41) is 0. The number of fused-ring (bicyclic) bond motifs is 3. The van der Waals surface area contributed by atoms with Gasteiger partial charge < -0.3 is 9.97 Å². The second-order valence-corrected chi connectivity index (χ2v) is 13.9. The summed E-state index contributed by atoms with van der Waals surface area (Å²) in [6, 6.07) is 38.2. The van der Waals surface area contributed by atoms with Crippen molar-refractivity contribution in [2.75, 3.05) is 0 Å². The zero-order valence-electron chi connectivity index (χ0n) is 25.5. The zero-order chi connectivity index (χ0) is 29.0. The van der Waals surface area contributed by atoms with Crippen molar-refractivity contribution >= 4 is 0 Å². The van der Waals surface area contributed by atoms with Crippen molar-refractivity contribution in [1.82, 2.24) is 9.97 Å². The summed E-state index contributed by atoms with van der Waals surface area (Å²) in [6.07, 6.45) is 12.4. The van der Waals surface area contributed by atoms with Gasteiger partial charge in [0.15, 0.2) is 0 Å². The number of pyridine rings is 2. The standard InChI is InChI=1S/C30H30N.C11H8N.Ir/c1-29(2)27-22(7-5-9-24(27)26-11-3-4-12-31-26)23-8-6-10-25(28(23)29)30-16-19-13-20(17-30)15-21(14-19)18-30;1-2-6-10(7-3-1)11-8-4-5-9-12-11;/h3-8,10-12,19-21H,13-18H2,1-2H3;1-6,8-9H;/q2*-1;. The Morgan fingerprint density at radius 1 is 0.614 bits per heavy atom. The van der Waals surface area contributed by atoms with E-state index in [-0.39, 0.29) is 25.5 Å². The van der Waals surface area contributed by atoms with Crippen LogP contribution >= 0.6 is 0 Å². The Labute approximate surface area is 275 Å². The molecule has 44 heavy (non-hydrogen) atoms. The minimum absolute atomic E-state index is 0. The van der Waals surface area contributed by atoms with Crippen LogP contribution < -0.4 is 0 Å². The summed E-state index contributed by atoms with van der Waals surface area (Å²) in [7, 11) is 0. The number of aromatic nitrogens is 2. The maximum absolute atomic E-state index is 4.70. The molecule has 1 radical (unpaired) electrons. The smallest absolute Gasteiger partial charge is 0.0160 e. The second kappa shape index (κ2) is 11.5. The molecular weight excluding hydrogens is 713 g/mol. The third-order valence-corrected chi connectivity index (χ3v) is 10.8. The Bertz CT molecular complexity index is 1690. The minimum atomic E-state index is -0.0325. The number of rotatable bonds is 3. The van der Waals surface area contributed by atoms with Crippen LogP contribution in [0.25, 0.3) is 33.6 Å². The molecule has 0 aliphatic heterocycles. The van der Waals surface area contributed by atoms with Gasteiger partial charge in [-0.05, 0) is 107 Å². The third kappa shape index (κ3) is 4.90. The zero-order valence-corrected chi connectivity index (χ0v) is 27.9. The van der Waals surface area contributed by atoms with Crippen molar-refractivity contribution < 1.29 is 20.1 Å². The molecule has 2 nitrogen and oxygen atoms in total. The fraction of sp³-hybridized carbons (Fsp3) is 0.317. The van der Waals surface area contributed by atoms with E-state index < -0.39 is 0 Å². The fourth-order valence-electron chi connectivity index (χ4n) is 9.62. The molecule has 10 rings (SSSR count). The molecule has 4 saturated carbocycles. The van der Waals surface area contributed by atoms with Gasteiger partial charge in [-0.15, -0.1) is 65.2 Å². The largest absolute Gasteiger partial charge is 0.305 e. The van der Waals surface area contributed by atoms with E-state index in [1.807, 2.05) is 54.7 Å². The van der Waals surface area contributed by atoms with E-state index in [0.717, 1.165) is 34.7 Å². The van der Waals surface area contributed by atoms with Crippen LogP contribution in [0.2, 0.25) is 0 Å². The molecule has 5 aromatic rings. The Balaban J connectivity index is 0.000000203. The molecule has 4 fully saturated rings. The van der Waals surface area contributed by atoms with E-state index >= 15 is 0 Å². The van der Waals surface area contributed by atoms with E-state index in [4.69, 9.17) is 4.98 Å². The summed E-state index contributed by atoms with van der Waals surface area (Å²) in [4.78, 5) is 8.92. The fourth-order valence-corrected chi connectivity index (χ4v) is 9.62. The first kappa shape index (κ1) is 29.3. The molecule has 0 atom stereocenters. The average molecular weight is 751 g/mol. The van der Waals surface area contributed by atoms with Crippen LogP contribution in [0.15, 0.2) is 103 Å². The predicted molar refractivity (Wildman–Crippen MR) is 174 cm³/mol. The summed E-state index contributed by atoms with van der Waals surface area (Å²) < 4.78 is 0. The average Bonchev–Trinajstić information content (AvgIpc) is 3.29. The molecular formula is C41H38IrN2-2. The molecule has 2 aromatic heterocycles.